The lowest BCUT2D eigenvalue weighted by molar-refractivity contribution is -0.141. The van der Waals surface area contributed by atoms with Crippen LogP contribution in [-0.2, 0) is 9.59 Å². The number of Topliss-reactive ketones (excluding diaryl/α,β-unsaturated/α-hetero) is 1. The molecule has 2 aromatic carbocycles. The van der Waals surface area contributed by atoms with Gasteiger partial charge in [0.25, 0.3) is 11.7 Å². The summed E-state index contributed by atoms with van der Waals surface area (Å²) >= 11 is 3.38. The number of likely N-dealkylation sites (tertiary alicyclic amines) is 1. The van der Waals surface area contributed by atoms with Gasteiger partial charge >= 0.3 is 0 Å². The Hall–Kier alpha value is -2.60. The Morgan fingerprint density at radius 3 is 2.38 bits per heavy atom. The van der Waals surface area contributed by atoms with Gasteiger partial charge in [0.15, 0.2) is 0 Å². The van der Waals surface area contributed by atoms with Gasteiger partial charge in [0, 0.05) is 21.6 Å². The zero-order valence-electron chi connectivity index (χ0n) is 16.1. The second kappa shape index (κ2) is 8.03. The lowest BCUT2D eigenvalue weighted by Crippen LogP contribution is -2.37. The molecule has 0 radical (unpaired) electrons. The number of aliphatic hydroxyl groups is 1. The molecular formula is C23H22BrNO4. The van der Waals surface area contributed by atoms with Crippen molar-refractivity contribution in [2.75, 3.05) is 7.11 Å². The molecule has 2 aromatic rings. The van der Waals surface area contributed by atoms with E-state index in [1.165, 1.54) is 0 Å². The van der Waals surface area contributed by atoms with Gasteiger partial charge < -0.3 is 14.7 Å². The maximum Gasteiger partial charge on any atom is 0.295 e. The molecule has 0 spiro atoms. The molecule has 2 aliphatic rings. The molecule has 1 saturated heterocycles. The van der Waals surface area contributed by atoms with Gasteiger partial charge in [-0.25, -0.2) is 0 Å². The van der Waals surface area contributed by atoms with E-state index in [2.05, 4.69) is 15.9 Å². The minimum absolute atomic E-state index is 0.0171. The Morgan fingerprint density at radius 1 is 1.07 bits per heavy atom. The van der Waals surface area contributed by atoms with Crippen molar-refractivity contribution in [1.29, 1.82) is 0 Å². The highest BCUT2D eigenvalue weighted by Gasteiger charge is 2.49. The first-order chi connectivity index (χ1) is 14.0. The number of hydrogen-bond acceptors (Lipinski definition) is 4. The van der Waals surface area contributed by atoms with Gasteiger partial charge in [0.05, 0.1) is 18.7 Å². The molecule has 150 valence electrons. The number of carbonyl (C=O) groups excluding carboxylic acids is 2. The normalized spacial score (nSPS) is 21.7. The van der Waals surface area contributed by atoms with Crippen LogP contribution in [0.4, 0.5) is 0 Å². The number of para-hydroxylation sites is 1. The summed E-state index contributed by atoms with van der Waals surface area (Å²) in [5.41, 5.74) is 1.33. The van der Waals surface area contributed by atoms with E-state index in [-0.39, 0.29) is 17.4 Å². The van der Waals surface area contributed by atoms with Crippen LogP contribution < -0.4 is 4.74 Å². The molecule has 1 aliphatic heterocycles. The summed E-state index contributed by atoms with van der Waals surface area (Å²) in [5.74, 6) is -0.768. The molecule has 4 rings (SSSR count). The number of methoxy groups -OCH3 is 1. The molecule has 0 aromatic heterocycles. The largest absolute Gasteiger partial charge is 0.507 e. The molecular weight excluding hydrogens is 434 g/mol. The molecule has 29 heavy (non-hydrogen) atoms. The predicted octanol–water partition coefficient (Wildman–Crippen LogP) is 4.82. The predicted molar refractivity (Wildman–Crippen MR) is 114 cm³/mol. The molecule has 2 fully saturated rings. The highest BCUT2D eigenvalue weighted by Crippen LogP contribution is 2.45. The van der Waals surface area contributed by atoms with Crippen molar-refractivity contribution in [3.8, 4) is 5.75 Å². The minimum Gasteiger partial charge on any atom is -0.507 e. The van der Waals surface area contributed by atoms with E-state index in [0.29, 0.717) is 16.9 Å². The highest BCUT2D eigenvalue weighted by atomic mass is 79.9. The Morgan fingerprint density at radius 2 is 1.72 bits per heavy atom. The third kappa shape index (κ3) is 3.46. The van der Waals surface area contributed by atoms with Gasteiger partial charge in [-0.3, -0.25) is 9.59 Å². The number of rotatable bonds is 4. The first kappa shape index (κ1) is 19.7. The third-order valence-electron chi connectivity index (χ3n) is 5.75. The summed E-state index contributed by atoms with van der Waals surface area (Å²) in [6.45, 7) is 0. The number of hydrogen-bond donors (Lipinski definition) is 1. The monoisotopic (exact) mass is 455 g/mol. The number of ketones is 1. The zero-order chi connectivity index (χ0) is 20.5. The number of nitrogens with zero attached hydrogens (tertiary/aromatic N) is 1. The van der Waals surface area contributed by atoms with Crippen molar-refractivity contribution in [3.63, 3.8) is 0 Å². The van der Waals surface area contributed by atoms with Crippen LogP contribution in [0, 0.1) is 0 Å². The second-order valence-corrected chi connectivity index (χ2v) is 8.31. The SMILES string of the molecule is COc1ccccc1C1/C(=C(/O)c2ccc(Br)cc2)C(=O)C(=O)N1C1CCCC1. The van der Waals surface area contributed by atoms with Crippen molar-refractivity contribution >= 4 is 33.4 Å². The average molecular weight is 456 g/mol. The Kier molecular flexibility index (Phi) is 5.46. The molecule has 1 heterocycles. The highest BCUT2D eigenvalue weighted by molar-refractivity contribution is 9.10. The van der Waals surface area contributed by atoms with Gasteiger partial charge in [-0.05, 0) is 31.0 Å². The summed E-state index contributed by atoms with van der Waals surface area (Å²) in [4.78, 5) is 27.8. The summed E-state index contributed by atoms with van der Waals surface area (Å²) in [7, 11) is 1.56. The van der Waals surface area contributed by atoms with E-state index in [0.717, 1.165) is 30.2 Å². The van der Waals surface area contributed by atoms with Crippen molar-refractivity contribution in [1.82, 2.24) is 4.90 Å². The smallest absolute Gasteiger partial charge is 0.295 e. The fraction of sp³-hybridized carbons (Fsp3) is 0.304. The third-order valence-corrected chi connectivity index (χ3v) is 6.28. The van der Waals surface area contributed by atoms with Crippen LogP contribution in [0.1, 0.15) is 42.9 Å². The number of halogens is 1. The van der Waals surface area contributed by atoms with Crippen molar-refractivity contribution in [2.24, 2.45) is 0 Å². The Bertz CT molecular complexity index is 977. The Balaban J connectivity index is 1.92. The van der Waals surface area contributed by atoms with Crippen LogP contribution in [0.25, 0.3) is 5.76 Å². The van der Waals surface area contributed by atoms with Gasteiger partial charge in [0.2, 0.25) is 0 Å². The van der Waals surface area contributed by atoms with Gasteiger partial charge in [-0.1, -0.05) is 59.1 Å². The van der Waals surface area contributed by atoms with Crippen LogP contribution in [0.5, 0.6) is 5.75 Å². The van der Waals surface area contributed by atoms with Crippen molar-refractivity contribution < 1.29 is 19.4 Å². The number of carbonyl (C=O) groups is 2. The maximum atomic E-state index is 13.1. The van der Waals surface area contributed by atoms with Crippen LogP contribution >= 0.6 is 15.9 Å². The molecule has 1 amide bonds. The summed E-state index contributed by atoms with van der Waals surface area (Å²) < 4.78 is 6.39. The molecule has 1 unspecified atom stereocenters. The minimum atomic E-state index is -0.669. The summed E-state index contributed by atoms with van der Waals surface area (Å²) in [6, 6.07) is 13.7. The second-order valence-electron chi connectivity index (χ2n) is 7.39. The molecule has 1 aliphatic carbocycles. The number of benzene rings is 2. The molecule has 1 atom stereocenters. The molecule has 1 N–H and O–H groups in total. The van der Waals surface area contributed by atoms with Crippen LogP contribution in [0.2, 0.25) is 0 Å². The molecule has 0 bridgehead atoms. The fourth-order valence-electron chi connectivity index (χ4n) is 4.37. The van der Waals surface area contributed by atoms with Crippen LogP contribution in [0.15, 0.2) is 58.6 Å². The van der Waals surface area contributed by atoms with Crippen molar-refractivity contribution in [3.05, 3.63) is 69.7 Å². The summed E-state index contributed by atoms with van der Waals surface area (Å²) in [5, 5.41) is 11.1. The lowest BCUT2D eigenvalue weighted by Gasteiger charge is -2.31. The fourth-order valence-corrected chi connectivity index (χ4v) is 4.63. The molecule has 1 saturated carbocycles. The number of ether oxygens (including phenoxy) is 1. The van der Waals surface area contributed by atoms with E-state index in [4.69, 9.17) is 4.74 Å². The first-order valence-electron chi connectivity index (χ1n) is 9.72. The number of aliphatic hydroxyl groups excluding tert-OH is 1. The Labute approximate surface area is 178 Å². The van der Waals surface area contributed by atoms with E-state index >= 15 is 0 Å². The van der Waals surface area contributed by atoms with E-state index in [1.807, 2.05) is 24.3 Å². The number of amides is 1. The van der Waals surface area contributed by atoms with Crippen LogP contribution in [0.3, 0.4) is 0 Å². The topological polar surface area (TPSA) is 66.8 Å². The van der Waals surface area contributed by atoms with E-state index in [9.17, 15) is 14.7 Å². The van der Waals surface area contributed by atoms with Crippen LogP contribution in [-0.4, -0.2) is 34.8 Å². The van der Waals surface area contributed by atoms with Gasteiger partial charge in [-0.15, -0.1) is 0 Å². The standard InChI is InChI=1S/C23H22BrNO4/c1-29-18-9-5-4-8-17(18)20-19(21(26)14-10-12-15(24)13-11-14)22(27)23(28)25(20)16-6-2-3-7-16/h4-5,8-13,16,20,26H,2-3,6-7H2,1H3/b21-19-. The first-order valence-corrected chi connectivity index (χ1v) is 10.5. The molecule has 6 heteroatoms. The summed E-state index contributed by atoms with van der Waals surface area (Å²) in [6.07, 6.45) is 3.77. The molecule has 5 nitrogen and oxygen atoms in total. The van der Waals surface area contributed by atoms with Gasteiger partial charge in [0.1, 0.15) is 11.5 Å². The lowest BCUT2D eigenvalue weighted by atomic mass is 9.94. The van der Waals surface area contributed by atoms with Gasteiger partial charge in [-0.2, -0.15) is 0 Å². The zero-order valence-corrected chi connectivity index (χ0v) is 17.7. The maximum absolute atomic E-state index is 13.1. The van der Waals surface area contributed by atoms with Crippen molar-refractivity contribution in [2.45, 2.75) is 37.8 Å². The van der Waals surface area contributed by atoms with E-state index in [1.54, 1.807) is 36.3 Å². The van der Waals surface area contributed by atoms with E-state index < -0.39 is 17.7 Å². The average Bonchev–Trinajstić information content (AvgIpc) is 3.35. The quantitative estimate of drug-likeness (QED) is 0.407.